The minimum absolute atomic E-state index is 0.237. The second kappa shape index (κ2) is 5.31. The molecule has 0 amide bonds. The highest BCUT2D eigenvalue weighted by Gasteiger charge is 2.04. The number of benzene rings is 2. The Labute approximate surface area is 121 Å². The van der Waals surface area contributed by atoms with E-state index in [0.29, 0.717) is 5.02 Å². The molecule has 3 aromatic rings. The van der Waals surface area contributed by atoms with E-state index in [1.54, 1.807) is 12.1 Å². The maximum atomic E-state index is 9.32. The molecule has 2 aromatic carbocycles. The Morgan fingerprint density at radius 3 is 1.80 bits per heavy atom. The molecule has 0 fully saturated rings. The van der Waals surface area contributed by atoms with E-state index in [1.165, 1.54) is 6.33 Å². The van der Waals surface area contributed by atoms with Gasteiger partial charge in [-0.3, -0.25) is 0 Å². The third kappa shape index (κ3) is 2.63. The van der Waals surface area contributed by atoms with Gasteiger partial charge in [-0.2, -0.15) is 0 Å². The molecule has 1 aromatic heterocycles. The summed E-state index contributed by atoms with van der Waals surface area (Å²) in [4.78, 5) is 8.54. The van der Waals surface area contributed by atoms with E-state index in [-0.39, 0.29) is 5.75 Å². The van der Waals surface area contributed by atoms with Crippen LogP contribution in [0.3, 0.4) is 0 Å². The van der Waals surface area contributed by atoms with E-state index in [1.807, 2.05) is 42.5 Å². The predicted molar refractivity (Wildman–Crippen MR) is 79.6 cm³/mol. The van der Waals surface area contributed by atoms with Crippen molar-refractivity contribution in [1.82, 2.24) is 9.97 Å². The lowest BCUT2D eigenvalue weighted by atomic mass is 10.1. The van der Waals surface area contributed by atoms with Gasteiger partial charge < -0.3 is 5.11 Å². The average Bonchev–Trinajstić information content (AvgIpc) is 2.49. The van der Waals surface area contributed by atoms with Gasteiger partial charge in [0, 0.05) is 16.1 Å². The zero-order valence-corrected chi connectivity index (χ0v) is 11.2. The maximum Gasteiger partial charge on any atom is 0.116 e. The average molecular weight is 283 g/mol. The van der Waals surface area contributed by atoms with Gasteiger partial charge >= 0.3 is 0 Å². The zero-order chi connectivity index (χ0) is 13.9. The van der Waals surface area contributed by atoms with Crippen LogP contribution < -0.4 is 0 Å². The number of phenolic OH excluding ortho intramolecular Hbond substituents is 1. The van der Waals surface area contributed by atoms with E-state index in [4.69, 9.17) is 11.6 Å². The van der Waals surface area contributed by atoms with E-state index < -0.39 is 0 Å². The smallest absolute Gasteiger partial charge is 0.116 e. The van der Waals surface area contributed by atoms with Crippen LogP contribution >= 0.6 is 11.6 Å². The molecule has 3 nitrogen and oxygen atoms in total. The highest BCUT2D eigenvalue weighted by molar-refractivity contribution is 6.30. The van der Waals surface area contributed by atoms with Crippen LogP contribution in [0.15, 0.2) is 60.9 Å². The first-order valence-corrected chi connectivity index (χ1v) is 6.47. The standard InChI is InChI=1S/C16H11ClN2O/c17-13-5-1-11(2-6-13)15-9-16(19-10-18-15)12-3-7-14(20)8-4-12/h1-10,20H. The summed E-state index contributed by atoms with van der Waals surface area (Å²) in [5.41, 5.74) is 3.56. The summed E-state index contributed by atoms with van der Waals surface area (Å²) in [5.74, 6) is 0.237. The lowest BCUT2D eigenvalue weighted by Gasteiger charge is -2.04. The Kier molecular flexibility index (Phi) is 3.35. The SMILES string of the molecule is Oc1ccc(-c2cc(-c3ccc(Cl)cc3)ncn2)cc1. The summed E-state index contributed by atoms with van der Waals surface area (Å²) >= 11 is 5.88. The minimum Gasteiger partial charge on any atom is -0.508 e. The summed E-state index contributed by atoms with van der Waals surface area (Å²) in [6.45, 7) is 0. The zero-order valence-electron chi connectivity index (χ0n) is 10.5. The molecular formula is C16H11ClN2O. The molecule has 0 aliphatic carbocycles. The number of hydrogen-bond acceptors (Lipinski definition) is 3. The number of aromatic nitrogens is 2. The van der Waals surface area contributed by atoms with Gasteiger partial charge in [0.1, 0.15) is 12.1 Å². The highest BCUT2D eigenvalue weighted by atomic mass is 35.5. The van der Waals surface area contributed by atoms with Gasteiger partial charge in [-0.25, -0.2) is 9.97 Å². The van der Waals surface area contributed by atoms with E-state index in [9.17, 15) is 5.11 Å². The van der Waals surface area contributed by atoms with Crippen molar-refractivity contribution in [3.05, 3.63) is 65.9 Å². The molecule has 0 saturated carbocycles. The van der Waals surface area contributed by atoms with Crippen molar-refractivity contribution >= 4 is 11.6 Å². The second-order valence-electron chi connectivity index (χ2n) is 4.34. The van der Waals surface area contributed by atoms with Gasteiger partial charge in [0.2, 0.25) is 0 Å². The molecule has 0 aliphatic heterocycles. The van der Waals surface area contributed by atoms with Crippen LogP contribution in [-0.2, 0) is 0 Å². The number of halogens is 1. The lowest BCUT2D eigenvalue weighted by Crippen LogP contribution is -1.89. The fourth-order valence-corrected chi connectivity index (χ4v) is 2.05. The topological polar surface area (TPSA) is 46.0 Å². The van der Waals surface area contributed by atoms with Crippen molar-refractivity contribution in [1.29, 1.82) is 0 Å². The van der Waals surface area contributed by atoms with Gasteiger partial charge in [0.05, 0.1) is 11.4 Å². The molecule has 0 spiro atoms. The van der Waals surface area contributed by atoms with Crippen LogP contribution in [-0.4, -0.2) is 15.1 Å². The van der Waals surface area contributed by atoms with E-state index >= 15 is 0 Å². The number of hydrogen-bond donors (Lipinski definition) is 1. The summed E-state index contributed by atoms with van der Waals surface area (Å²) in [5, 5.41) is 10.0. The summed E-state index contributed by atoms with van der Waals surface area (Å²) in [6.07, 6.45) is 1.53. The van der Waals surface area contributed by atoms with Crippen molar-refractivity contribution in [2.75, 3.05) is 0 Å². The lowest BCUT2D eigenvalue weighted by molar-refractivity contribution is 0.475. The summed E-state index contributed by atoms with van der Waals surface area (Å²) in [7, 11) is 0. The molecule has 0 saturated heterocycles. The van der Waals surface area contributed by atoms with Crippen LogP contribution in [0.1, 0.15) is 0 Å². The minimum atomic E-state index is 0.237. The monoisotopic (exact) mass is 282 g/mol. The Balaban J connectivity index is 2.01. The second-order valence-corrected chi connectivity index (χ2v) is 4.78. The molecule has 0 radical (unpaired) electrons. The van der Waals surface area contributed by atoms with Crippen LogP contribution in [0, 0.1) is 0 Å². The Hall–Kier alpha value is -2.39. The molecule has 1 N–H and O–H groups in total. The van der Waals surface area contributed by atoms with Gasteiger partial charge in [0.15, 0.2) is 0 Å². The number of nitrogens with zero attached hydrogens (tertiary/aromatic N) is 2. The normalized spacial score (nSPS) is 10.4. The predicted octanol–water partition coefficient (Wildman–Crippen LogP) is 4.17. The van der Waals surface area contributed by atoms with Crippen LogP contribution in [0.25, 0.3) is 22.5 Å². The van der Waals surface area contributed by atoms with Crippen LogP contribution in [0.5, 0.6) is 5.75 Å². The van der Waals surface area contributed by atoms with Crippen molar-refractivity contribution in [3.8, 4) is 28.3 Å². The van der Waals surface area contributed by atoms with E-state index in [0.717, 1.165) is 22.5 Å². The van der Waals surface area contributed by atoms with Crippen LogP contribution in [0.2, 0.25) is 5.02 Å². The van der Waals surface area contributed by atoms with Crippen molar-refractivity contribution < 1.29 is 5.11 Å². The quantitative estimate of drug-likeness (QED) is 0.767. The molecule has 0 unspecified atom stereocenters. The largest absolute Gasteiger partial charge is 0.508 e. The molecule has 20 heavy (non-hydrogen) atoms. The van der Waals surface area contributed by atoms with Gasteiger partial charge in [-0.15, -0.1) is 0 Å². The number of aromatic hydroxyl groups is 1. The molecule has 0 aliphatic rings. The summed E-state index contributed by atoms with van der Waals surface area (Å²) in [6, 6.07) is 16.3. The van der Waals surface area contributed by atoms with Crippen molar-refractivity contribution in [2.24, 2.45) is 0 Å². The van der Waals surface area contributed by atoms with E-state index in [2.05, 4.69) is 9.97 Å². The Morgan fingerprint density at radius 1 is 0.750 bits per heavy atom. The number of phenols is 1. The number of rotatable bonds is 2. The first kappa shape index (κ1) is 12.6. The fourth-order valence-electron chi connectivity index (χ4n) is 1.93. The van der Waals surface area contributed by atoms with Crippen molar-refractivity contribution in [3.63, 3.8) is 0 Å². The van der Waals surface area contributed by atoms with Crippen molar-refractivity contribution in [2.45, 2.75) is 0 Å². The summed E-state index contributed by atoms with van der Waals surface area (Å²) < 4.78 is 0. The molecule has 0 bridgehead atoms. The molecule has 98 valence electrons. The van der Waals surface area contributed by atoms with Gasteiger partial charge in [-0.1, -0.05) is 23.7 Å². The van der Waals surface area contributed by atoms with Crippen LogP contribution in [0.4, 0.5) is 0 Å². The first-order chi connectivity index (χ1) is 9.72. The molecule has 4 heteroatoms. The molecular weight excluding hydrogens is 272 g/mol. The fraction of sp³-hybridized carbons (Fsp3) is 0. The highest BCUT2D eigenvalue weighted by Crippen LogP contribution is 2.24. The third-order valence-electron chi connectivity index (χ3n) is 2.97. The first-order valence-electron chi connectivity index (χ1n) is 6.10. The molecule has 1 heterocycles. The Morgan fingerprint density at radius 2 is 1.25 bits per heavy atom. The maximum absolute atomic E-state index is 9.32. The molecule has 3 rings (SSSR count). The van der Waals surface area contributed by atoms with Gasteiger partial charge in [-0.05, 0) is 42.5 Å². The third-order valence-corrected chi connectivity index (χ3v) is 3.22. The Bertz CT molecular complexity index is 663. The van der Waals surface area contributed by atoms with Gasteiger partial charge in [0.25, 0.3) is 0 Å². The molecule has 0 atom stereocenters.